The number of benzene rings is 2. The van der Waals surface area contributed by atoms with E-state index < -0.39 is 0 Å². The van der Waals surface area contributed by atoms with Crippen LogP contribution in [0.5, 0.6) is 0 Å². The number of carbonyl (C=O) groups is 2. The van der Waals surface area contributed by atoms with Gasteiger partial charge in [0.05, 0.1) is 10.6 Å². The maximum atomic E-state index is 12.5. The molecule has 27 heavy (non-hydrogen) atoms. The lowest BCUT2D eigenvalue weighted by molar-refractivity contribution is -0.126. The molecule has 2 amide bonds. The summed E-state index contributed by atoms with van der Waals surface area (Å²) in [6.07, 6.45) is 5.44. The largest absolute Gasteiger partial charge is 0.324 e. The van der Waals surface area contributed by atoms with Crippen molar-refractivity contribution in [2.75, 3.05) is 11.9 Å². The highest BCUT2D eigenvalue weighted by Gasteiger charge is 2.33. The minimum Gasteiger partial charge on any atom is -0.324 e. The SMILES string of the molecule is O=C(CN1C(=O)C(=CC=Cc2ccccc2)SC1=S)Nc1ccccc1Br. The molecule has 0 aliphatic carbocycles. The molecule has 0 aromatic heterocycles. The van der Waals surface area contributed by atoms with Crippen LogP contribution in [0.3, 0.4) is 0 Å². The molecule has 1 N–H and O–H groups in total. The zero-order chi connectivity index (χ0) is 19.2. The van der Waals surface area contributed by atoms with E-state index in [1.54, 1.807) is 12.1 Å². The summed E-state index contributed by atoms with van der Waals surface area (Å²) in [5, 5.41) is 2.78. The van der Waals surface area contributed by atoms with Crippen LogP contribution in [0.1, 0.15) is 5.56 Å². The molecule has 1 fully saturated rings. The highest BCUT2D eigenvalue weighted by atomic mass is 79.9. The summed E-state index contributed by atoms with van der Waals surface area (Å²) in [5.74, 6) is -0.565. The van der Waals surface area contributed by atoms with E-state index in [0.29, 0.717) is 14.9 Å². The van der Waals surface area contributed by atoms with Gasteiger partial charge in [0.2, 0.25) is 5.91 Å². The van der Waals surface area contributed by atoms with Gasteiger partial charge in [0.1, 0.15) is 10.9 Å². The van der Waals surface area contributed by atoms with E-state index in [-0.39, 0.29) is 18.4 Å². The average Bonchev–Trinajstić information content (AvgIpc) is 2.92. The van der Waals surface area contributed by atoms with E-state index in [1.165, 1.54) is 16.7 Å². The highest BCUT2D eigenvalue weighted by molar-refractivity contribution is 9.10. The quantitative estimate of drug-likeness (QED) is 0.513. The Morgan fingerprint density at radius 2 is 1.85 bits per heavy atom. The molecule has 0 spiro atoms. The fraction of sp³-hybridized carbons (Fsp3) is 0.0500. The van der Waals surface area contributed by atoms with E-state index in [0.717, 1.165) is 10.0 Å². The van der Waals surface area contributed by atoms with Gasteiger partial charge in [0.25, 0.3) is 5.91 Å². The van der Waals surface area contributed by atoms with Crippen molar-refractivity contribution in [3.8, 4) is 0 Å². The highest BCUT2D eigenvalue weighted by Crippen LogP contribution is 2.31. The Labute approximate surface area is 175 Å². The molecule has 1 heterocycles. The van der Waals surface area contributed by atoms with Gasteiger partial charge in [-0.1, -0.05) is 78.6 Å². The van der Waals surface area contributed by atoms with E-state index >= 15 is 0 Å². The molecule has 0 atom stereocenters. The number of thiocarbonyl (C=S) groups is 1. The van der Waals surface area contributed by atoms with E-state index in [4.69, 9.17) is 12.2 Å². The molecule has 1 aliphatic rings. The molecule has 7 heteroatoms. The van der Waals surface area contributed by atoms with E-state index in [1.807, 2.05) is 60.7 Å². The zero-order valence-corrected chi connectivity index (χ0v) is 17.3. The van der Waals surface area contributed by atoms with Crippen LogP contribution in [-0.2, 0) is 9.59 Å². The number of nitrogens with zero attached hydrogens (tertiary/aromatic N) is 1. The molecule has 0 bridgehead atoms. The first kappa shape index (κ1) is 19.5. The number of thioether (sulfide) groups is 1. The fourth-order valence-corrected chi connectivity index (χ4v) is 3.95. The molecule has 0 radical (unpaired) electrons. The summed E-state index contributed by atoms with van der Waals surface area (Å²) < 4.78 is 1.15. The van der Waals surface area contributed by atoms with E-state index in [2.05, 4.69) is 21.2 Å². The molecule has 2 aromatic rings. The van der Waals surface area contributed by atoms with Gasteiger partial charge in [0.15, 0.2) is 0 Å². The van der Waals surface area contributed by atoms with Crippen molar-refractivity contribution in [1.29, 1.82) is 0 Å². The van der Waals surface area contributed by atoms with Gasteiger partial charge in [-0.15, -0.1) is 0 Å². The lowest BCUT2D eigenvalue weighted by atomic mass is 10.2. The number of rotatable bonds is 5. The number of hydrogen-bond acceptors (Lipinski definition) is 4. The number of amides is 2. The smallest absolute Gasteiger partial charge is 0.266 e. The Morgan fingerprint density at radius 1 is 1.15 bits per heavy atom. The van der Waals surface area contributed by atoms with Crippen LogP contribution in [-0.4, -0.2) is 27.6 Å². The first-order valence-corrected chi connectivity index (χ1v) is 10.1. The Kier molecular flexibility index (Phi) is 6.60. The minimum atomic E-state index is -0.306. The standard InChI is InChI=1S/C20H15BrN2O2S2/c21-15-10-4-5-11-16(15)22-18(24)13-23-19(25)17(27-20(23)26)12-6-9-14-7-2-1-3-8-14/h1-12H,13H2,(H,22,24). The lowest BCUT2D eigenvalue weighted by Crippen LogP contribution is -2.36. The number of halogens is 1. The second kappa shape index (κ2) is 9.12. The average molecular weight is 459 g/mol. The van der Waals surface area contributed by atoms with Crippen molar-refractivity contribution in [3.63, 3.8) is 0 Å². The first-order valence-electron chi connectivity index (χ1n) is 8.06. The van der Waals surface area contributed by atoms with Gasteiger partial charge >= 0.3 is 0 Å². The van der Waals surface area contributed by atoms with Gasteiger partial charge in [0, 0.05) is 4.47 Å². The Bertz CT molecular complexity index is 942. The lowest BCUT2D eigenvalue weighted by Gasteiger charge is -2.14. The fourth-order valence-electron chi connectivity index (χ4n) is 2.36. The molecule has 1 aliphatic heterocycles. The van der Waals surface area contributed by atoms with Crippen molar-refractivity contribution in [2.24, 2.45) is 0 Å². The minimum absolute atomic E-state index is 0.119. The summed E-state index contributed by atoms with van der Waals surface area (Å²) in [5.41, 5.74) is 1.69. The topological polar surface area (TPSA) is 49.4 Å². The molecule has 4 nitrogen and oxygen atoms in total. The van der Waals surface area contributed by atoms with Crippen molar-refractivity contribution in [1.82, 2.24) is 4.90 Å². The van der Waals surface area contributed by atoms with Crippen LogP contribution in [0.2, 0.25) is 0 Å². The van der Waals surface area contributed by atoms with Gasteiger partial charge in [-0.2, -0.15) is 0 Å². The third-order valence-electron chi connectivity index (χ3n) is 3.66. The second-order valence-electron chi connectivity index (χ2n) is 5.59. The molecule has 3 rings (SSSR count). The van der Waals surface area contributed by atoms with Gasteiger partial charge in [-0.25, -0.2) is 0 Å². The van der Waals surface area contributed by atoms with Crippen LogP contribution in [0.4, 0.5) is 5.69 Å². The summed E-state index contributed by atoms with van der Waals surface area (Å²) in [7, 11) is 0. The number of carbonyl (C=O) groups excluding carboxylic acids is 2. The Morgan fingerprint density at radius 3 is 2.59 bits per heavy atom. The van der Waals surface area contributed by atoms with Crippen molar-refractivity contribution in [2.45, 2.75) is 0 Å². The third-order valence-corrected chi connectivity index (χ3v) is 5.75. The zero-order valence-electron chi connectivity index (χ0n) is 14.1. The summed E-state index contributed by atoms with van der Waals surface area (Å²) in [6, 6.07) is 17.1. The second-order valence-corrected chi connectivity index (χ2v) is 8.12. The number of anilines is 1. The molecule has 1 saturated heterocycles. The normalized spacial score (nSPS) is 15.7. The van der Waals surface area contributed by atoms with Crippen LogP contribution in [0, 0.1) is 0 Å². The van der Waals surface area contributed by atoms with Crippen molar-refractivity contribution >= 4 is 67.8 Å². The maximum absolute atomic E-state index is 12.5. The maximum Gasteiger partial charge on any atom is 0.266 e. The van der Waals surface area contributed by atoms with Crippen molar-refractivity contribution in [3.05, 3.63) is 81.7 Å². The van der Waals surface area contributed by atoms with Crippen LogP contribution < -0.4 is 5.32 Å². The van der Waals surface area contributed by atoms with Gasteiger partial charge in [-0.05, 0) is 39.7 Å². The van der Waals surface area contributed by atoms with Crippen LogP contribution in [0.15, 0.2) is 76.1 Å². The molecular weight excluding hydrogens is 444 g/mol. The first-order chi connectivity index (χ1) is 13.0. The summed E-state index contributed by atoms with van der Waals surface area (Å²) >= 11 is 9.83. The number of allylic oxidation sites excluding steroid dienone is 2. The Hall–Kier alpha value is -2.22. The van der Waals surface area contributed by atoms with E-state index in [9.17, 15) is 9.59 Å². The molecule has 2 aromatic carbocycles. The Balaban J connectivity index is 1.63. The molecule has 136 valence electrons. The van der Waals surface area contributed by atoms with Crippen LogP contribution >= 0.6 is 39.9 Å². The third kappa shape index (κ3) is 5.15. The van der Waals surface area contributed by atoms with Crippen molar-refractivity contribution < 1.29 is 9.59 Å². The number of hydrogen-bond donors (Lipinski definition) is 1. The number of nitrogens with one attached hydrogen (secondary N) is 1. The van der Waals surface area contributed by atoms with Crippen LogP contribution in [0.25, 0.3) is 6.08 Å². The number of para-hydroxylation sites is 1. The predicted octanol–water partition coefficient (Wildman–Crippen LogP) is 4.85. The molecule has 0 saturated carbocycles. The summed E-state index contributed by atoms with van der Waals surface area (Å²) in [4.78, 5) is 26.6. The van der Waals surface area contributed by atoms with Gasteiger partial charge < -0.3 is 5.32 Å². The van der Waals surface area contributed by atoms with Gasteiger partial charge in [-0.3, -0.25) is 14.5 Å². The molecule has 0 unspecified atom stereocenters. The summed E-state index contributed by atoms with van der Waals surface area (Å²) in [6.45, 7) is -0.119. The predicted molar refractivity (Wildman–Crippen MR) is 118 cm³/mol. The molecular formula is C20H15BrN2O2S2. The monoisotopic (exact) mass is 458 g/mol.